The summed E-state index contributed by atoms with van der Waals surface area (Å²) in [6.45, 7) is 2.64. The molecule has 1 heterocycles. The minimum Gasteiger partial charge on any atom is -0.461 e. The van der Waals surface area contributed by atoms with Gasteiger partial charge in [0.15, 0.2) is 0 Å². The third kappa shape index (κ3) is 10.8. The van der Waals surface area contributed by atoms with Gasteiger partial charge in [-0.3, -0.25) is 4.79 Å². The summed E-state index contributed by atoms with van der Waals surface area (Å²) in [6.07, 6.45) is 18.2. The molecule has 0 radical (unpaired) electrons. The molecule has 2 rings (SSSR count). The molecule has 3 nitrogen and oxygen atoms in total. The van der Waals surface area contributed by atoms with Gasteiger partial charge in [-0.2, -0.15) is 0 Å². The maximum absolute atomic E-state index is 11.8. The Hall–Kier alpha value is -1.35. The van der Waals surface area contributed by atoms with E-state index in [2.05, 4.69) is 6.92 Å². The van der Waals surface area contributed by atoms with Crippen molar-refractivity contribution in [1.29, 1.82) is 0 Å². The molecule has 0 N–H and O–H groups in total. The van der Waals surface area contributed by atoms with Gasteiger partial charge in [0.2, 0.25) is 0 Å². The molecule has 1 aliphatic heterocycles. The van der Waals surface area contributed by atoms with E-state index >= 15 is 0 Å². The van der Waals surface area contributed by atoms with E-state index < -0.39 is 0 Å². The number of hydrogen-bond acceptors (Lipinski definition) is 3. The molecule has 1 aromatic rings. The van der Waals surface area contributed by atoms with Crippen LogP contribution in [-0.4, -0.2) is 18.2 Å². The molecule has 0 aliphatic carbocycles. The molecule has 1 fully saturated rings. The van der Waals surface area contributed by atoms with Crippen molar-refractivity contribution >= 4 is 5.97 Å². The van der Waals surface area contributed by atoms with Gasteiger partial charge in [0.25, 0.3) is 0 Å². The fraction of sp³-hybridized carbons (Fsp3) is 0.720. The first-order valence-electron chi connectivity index (χ1n) is 11.6. The first-order valence-corrected chi connectivity index (χ1v) is 11.6. The second-order valence-corrected chi connectivity index (χ2v) is 8.22. The Bertz CT molecular complexity index is 514. The number of carbonyl (C=O) groups is 1. The Morgan fingerprint density at radius 1 is 0.821 bits per heavy atom. The summed E-state index contributed by atoms with van der Waals surface area (Å²) in [5.41, 5.74) is 1.04. The summed E-state index contributed by atoms with van der Waals surface area (Å²) in [5.74, 6) is -0.118. The number of benzene rings is 1. The summed E-state index contributed by atoms with van der Waals surface area (Å²) in [7, 11) is 0. The van der Waals surface area contributed by atoms with E-state index in [0.717, 1.165) is 18.4 Å². The second-order valence-electron chi connectivity index (χ2n) is 8.22. The lowest BCUT2D eigenvalue weighted by atomic mass is 10.0. The highest BCUT2D eigenvalue weighted by atomic mass is 16.6. The van der Waals surface area contributed by atoms with Crippen LogP contribution in [0.15, 0.2) is 30.3 Å². The molecule has 0 saturated carbocycles. The maximum atomic E-state index is 11.8. The summed E-state index contributed by atoms with van der Waals surface area (Å²) in [6, 6.07) is 9.83. The zero-order valence-corrected chi connectivity index (χ0v) is 17.9. The van der Waals surface area contributed by atoms with Crippen molar-refractivity contribution in [3.8, 4) is 0 Å². The first-order chi connectivity index (χ1) is 13.8. The molecule has 28 heavy (non-hydrogen) atoms. The van der Waals surface area contributed by atoms with Crippen LogP contribution in [0.5, 0.6) is 0 Å². The van der Waals surface area contributed by atoms with Crippen LogP contribution in [0.4, 0.5) is 0 Å². The van der Waals surface area contributed by atoms with E-state index in [9.17, 15) is 4.79 Å². The Morgan fingerprint density at radius 2 is 1.39 bits per heavy atom. The van der Waals surface area contributed by atoms with Gasteiger partial charge in [-0.15, -0.1) is 0 Å². The molecule has 3 heteroatoms. The minimum absolute atomic E-state index is 0.118. The molecule has 1 aromatic carbocycles. The highest BCUT2D eigenvalue weighted by molar-refractivity contribution is 5.69. The van der Waals surface area contributed by atoms with Gasteiger partial charge >= 0.3 is 5.97 Å². The fourth-order valence-electron chi connectivity index (χ4n) is 3.77. The van der Waals surface area contributed by atoms with E-state index in [0.29, 0.717) is 19.1 Å². The van der Waals surface area contributed by atoms with E-state index in [4.69, 9.17) is 9.47 Å². The summed E-state index contributed by atoms with van der Waals surface area (Å²) in [4.78, 5) is 11.8. The predicted octanol–water partition coefficient (Wildman–Crippen LogP) is 6.98. The number of unbranched alkanes of at least 4 members (excludes halogenated alkanes) is 10. The van der Waals surface area contributed by atoms with Crippen molar-refractivity contribution in [2.24, 2.45) is 0 Å². The van der Waals surface area contributed by atoms with E-state index in [-0.39, 0.29) is 12.1 Å². The molecule has 2 unspecified atom stereocenters. The van der Waals surface area contributed by atoms with Crippen LogP contribution >= 0.6 is 0 Å². The Balaban J connectivity index is 1.34. The SMILES string of the molecule is CCCCCCCCCCCCCC1OC1CCC(=O)OCc1ccccc1. The van der Waals surface area contributed by atoms with Crippen molar-refractivity contribution < 1.29 is 14.3 Å². The topological polar surface area (TPSA) is 38.8 Å². The average molecular weight is 389 g/mol. The number of hydrogen-bond donors (Lipinski definition) is 0. The summed E-state index contributed by atoms with van der Waals surface area (Å²) >= 11 is 0. The molecular weight excluding hydrogens is 348 g/mol. The van der Waals surface area contributed by atoms with Crippen LogP contribution in [0, 0.1) is 0 Å². The van der Waals surface area contributed by atoms with Gasteiger partial charge in [0, 0.05) is 6.42 Å². The molecule has 0 bridgehead atoms. The van der Waals surface area contributed by atoms with Gasteiger partial charge in [0.05, 0.1) is 12.2 Å². The molecule has 0 spiro atoms. The molecule has 0 amide bonds. The van der Waals surface area contributed by atoms with E-state index in [1.54, 1.807) is 0 Å². The van der Waals surface area contributed by atoms with E-state index in [1.165, 1.54) is 70.6 Å². The molecule has 158 valence electrons. The lowest BCUT2D eigenvalue weighted by Crippen LogP contribution is -2.06. The predicted molar refractivity (Wildman–Crippen MR) is 115 cm³/mol. The van der Waals surface area contributed by atoms with Gasteiger partial charge < -0.3 is 9.47 Å². The largest absolute Gasteiger partial charge is 0.461 e. The summed E-state index contributed by atoms with van der Waals surface area (Å²) in [5, 5.41) is 0. The second kappa shape index (κ2) is 14.6. The van der Waals surface area contributed by atoms with Gasteiger partial charge in [0.1, 0.15) is 6.61 Å². The normalized spacial score (nSPS) is 18.2. The highest BCUT2D eigenvalue weighted by Gasteiger charge is 2.37. The van der Waals surface area contributed by atoms with E-state index in [1.807, 2.05) is 30.3 Å². The molecule has 0 aromatic heterocycles. The smallest absolute Gasteiger partial charge is 0.306 e. The van der Waals surface area contributed by atoms with Crippen molar-refractivity contribution in [3.63, 3.8) is 0 Å². The van der Waals surface area contributed by atoms with Crippen LogP contribution in [-0.2, 0) is 20.9 Å². The maximum Gasteiger partial charge on any atom is 0.306 e. The lowest BCUT2D eigenvalue weighted by Gasteiger charge is -2.04. The Morgan fingerprint density at radius 3 is 2.04 bits per heavy atom. The highest BCUT2D eigenvalue weighted by Crippen LogP contribution is 2.31. The zero-order chi connectivity index (χ0) is 19.9. The third-order valence-electron chi connectivity index (χ3n) is 5.66. The Labute approximate surface area is 172 Å². The molecule has 1 aliphatic rings. The number of esters is 1. The number of carbonyl (C=O) groups excluding carboxylic acids is 1. The molecule has 1 saturated heterocycles. The third-order valence-corrected chi connectivity index (χ3v) is 5.66. The molecule has 2 atom stereocenters. The monoisotopic (exact) mass is 388 g/mol. The number of rotatable bonds is 17. The van der Waals surface area contributed by atoms with Crippen LogP contribution in [0.25, 0.3) is 0 Å². The zero-order valence-electron chi connectivity index (χ0n) is 17.9. The molecular formula is C25H40O3. The minimum atomic E-state index is -0.118. The van der Waals surface area contributed by atoms with Crippen LogP contribution in [0.1, 0.15) is 102 Å². The van der Waals surface area contributed by atoms with Gasteiger partial charge in [-0.25, -0.2) is 0 Å². The Kier molecular flexibility index (Phi) is 12.0. The first kappa shape index (κ1) is 22.9. The van der Waals surface area contributed by atoms with Gasteiger partial charge in [-0.1, -0.05) is 108 Å². The summed E-state index contributed by atoms with van der Waals surface area (Å²) < 4.78 is 11.0. The van der Waals surface area contributed by atoms with Crippen LogP contribution < -0.4 is 0 Å². The van der Waals surface area contributed by atoms with Crippen molar-refractivity contribution in [3.05, 3.63) is 35.9 Å². The van der Waals surface area contributed by atoms with Crippen molar-refractivity contribution in [2.45, 2.75) is 116 Å². The number of ether oxygens (including phenoxy) is 2. The van der Waals surface area contributed by atoms with Gasteiger partial charge in [-0.05, 0) is 18.4 Å². The van der Waals surface area contributed by atoms with Crippen LogP contribution in [0.3, 0.4) is 0 Å². The van der Waals surface area contributed by atoms with Crippen molar-refractivity contribution in [2.75, 3.05) is 0 Å². The quantitative estimate of drug-likeness (QED) is 0.164. The van der Waals surface area contributed by atoms with Crippen LogP contribution in [0.2, 0.25) is 0 Å². The standard InChI is InChI=1S/C25H40O3/c1-2-3-4-5-6-7-8-9-10-11-15-18-23-24(28-23)19-20-25(26)27-21-22-16-13-12-14-17-22/h12-14,16-17,23-24H,2-11,15,18-21H2,1H3. The lowest BCUT2D eigenvalue weighted by molar-refractivity contribution is -0.145. The van der Waals surface area contributed by atoms with Crippen molar-refractivity contribution in [1.82, 2.24) is 0 Å². The average Bonchev–Trinajstić information content (AvgIpc) is 3.48. The fourth-order valence-corrected chi connectivity index (χ4v) is 3.77. The number of epoxide rings is 1.